The lowest BCUT2D eigenvalue weighted by atomic mass is 9.96. The molecule has 280 valence electrons. The molecule has 53 heavy (non-hydrogen) atoms. The summed E-state index contributed by atoms with van der Waals surface area (Å²) in [7, 11) is 0. The molecule has 10 heteroatoms. The molecule has 2 fully saturated rings. The zero-order chi connectivity index (χ0) is 37.0. The van der Waals surface area contributed by atoms with Crippen LogP contribution in [0.3, 0.4) is 0 Å². The Morgan fingerprint density at radius 3 is 1.57 bits per heavy atom. The Hall–Kier alpha value is -4.23. The summed E-state index contributed by atoms with van der Waals surface area (Å²) in [4.78, 5) is 13.7. The van der Waals surface area contributed by atoms with Gasteiger partial charge >= 0.3 is 5.97 Å². The fourth-order valence-electron chi connectivity index (χ4n) is 6.58. The summed E-state index contributed by atoms with van der Waals surface area (Å²) >= 11 is 0. The van der Waals surface area contributed by atoms with Gasteiger partial charge in [0, 0.05) is 0 Å². The molecule has 0 saturated carbocycles. The van der Waals surface area contributed by atoms with Gasteiger partial charge in [0.1, 0.15) is 30.5 Å². The van der Waals surface area contributed by atoms with Gasteiger partial charge in [-0.1, -0.05) is 115 Å². The average molecular weight is 725 g/mol. The minimum Gasteiger partial charge on any atom is -0.450 e. The number of benzene rings is 4. The lowest BCUT2D eigenvalue weighted by Crippen LogP contribution is -2.65. The van der Waals surface area contributed by atoms with Gasteiger partial charge in [-0.2, -0.15) is 0 Å². The Bertz CT molecular complexity index is 1620. The van der Waals surface area contributed by atoms with Crippen LogP contribution in [0.2, 0.25) is 0 Å². The number of aliphatic hydroxyl groups excluding tert-OH is 1. The fourth-order valence-corrected chi connectivity index (χ4v) is 6.58. The minimum atomic E-state index is -1.36. The minimum absolute atomic E-state index is 0.146. The largest absolute Gasteiger partial charge is 0.450 e. The van der Waals surface area contributed by atoms with Crippen molar-refractivity contribution in [2.45, 2.75) is 95.1 Å². The molecular formula is C43H48O10. The molecule has 2 heterocycles. The fraction of sp³-hybridized carbons (Fsp3) is 0.372. The van der Waals surface area contributed by atoms with Crippen LogP contribution in [0, 0.1) is 0 Å². The number of ether oxygens (including phenoxy) is 8. The predicted molar refractivity (Wildman–Crippen MR) is 196 cm³/mol. The maximum Gasteiger partial charge on any atom is 0.338 e. The normalized spacial score (nSPS) is 28.6. The molecule has 0 unspecified atom stereocenters. The van der Waals surface area contributed by atoms with Crippen molar-refractivity contribution in [2.24, 2.45) is 0 Å². The number of carbonyl (C=O) groups is 1. The molecule has 0 aromatic heterocycles. The van der Waals surface area contributed by atoms with Crippen LogP contribution < -0.4 is 0 Å². The lowest BCUT2D eigenvalue weighted by molar-refractivity contribution is -0.362. The van der Waals surface area contributed by atoms with Gasteiger partial charge in [-0.15, -0.1) is 6.58 Å². The van der Waals surface area contributed by atoms with Crippen molar-refractivity contribution in [1.82, 2.24) is 0 Å². The second-order valence-electron chi connectivity index (χ2n) is 13.1. The molecule has 2 saturated heterocycles. The molecule has 0 amide bonds. The highest BCUT2D eigenvalue weighted by molar-refractivity contribution is 5.89. The molecule has 0 radical (unpaired) electrons. The van der Waals surface area contributed by atoms with Crippen LogP contribution in [0.5, 0.6) is 0 Å². The van der Waals surface area contributed by atoms with Crippen molar-refractivity contribution in [1.29, 1.82) is 0 Å². The van der Waals surface area contributed by atoms with Crippen LogP contribution >= 0.6 is 0 Å². The third-order valence-electron chi connectivity index (χ3n) is 9.28. The van der Waals surface area contributed by atoms with E-state index in [9.17, 15) is 9.90 Å². The SMILES string of the molecule is C=CCO[C@H]1[C@H](OC(=O)c2ccccc2)[C@@H](O[C@H]2[C@H](OCc3ccccc3)[C@@H](C)O[C@H](O)[C@H]2OCc2ccccc2)O[C@@H](C)[C@H]1OCc1ccccc1. The summed E-state index contributed by atoms with van der Waals surface area (Å²) in [6, 6.07) is 37.8. The monoisotopic (exact) mass is 724 g/mol. The maximum absolute atomic E-state index is 13.7. The molecule has 2 aliphatic rings. The summed E-state index contributed by atoms with van der Waals surface area (Å²) in [6.45, 7) is 8.34. The zero-order valence-electron chi connectivity index (χ0n) is 30.1. The van der Waals surface area contributed by atoms with Gasteiger partial charge in [0.25, 0.3) is 0 Å². The Kier molecular flexibility index (Phi) is 13.9. The van der Waals surface area contributed by atoms with Crippen molar-refractivity contribution < 1.29 is 47.8 Å². The van der Waals surface area contributed by atoms with E-state index in [-0.39, 0.29) is 26.4 Å². The van der Waals surface area contributed by atoms with Crippen LogP contribution in [0.25, 0.3) is 0 Å². The van der Waals surface area contributed by atoms with E-state index in [0.717, 1.165) is 16.7 Å². The smallest absolute Gasteiger partial charge is 0.338 e. The van der Waals surface area contributed by atoms with E-state index in [0.29, 0.717) is 5.56 Å². The summed E-state index contributed by atoms with van der Waals surface area (Å²) in [6.07, 6.45) is -7.47. The quantitative estimate of drug-likeness (QED) is 0.103. The van der Waals surface area contributed by atoms with Gasteiger partial charge in [0.15, 0.2) is 18.7 Å². The topological polar surface area (TPSA) is 111 Å². The van der Waals surface area contributed by atoms with E-state index >= 15 is 0 Å². The highest BCUT2D eigenvalue weighted by Gasteiger charge is 2.53. The van der Waals surface area contributed by atoms with E-state index in [2.05, 4.69) is 6.58 Å². The van der Waals surface area contributed by atoms with Crippen molar-refractivity contribution >= 4 is 5.97 Å². The van der Waals surface area contributed by atoms with Gasteiger partial charge in [0.05, 0.1) is 44.2 Å². The van der Waals surface area contributed by atoms with E-state index in [1.165, 1.54) is 0 Å². The zero-order valence-corrected chi connectivity index (χ0v) is 30.1. The number of hydrogen-bond acceptors (Lipinski definition) is 10. The number of aliphatic hydroxyl groups is 1. The summed E-state index contributed by atoms with van der Waals surface area (Å²) < 4.78 is 51.4. The second-order valence-corrected chi connectivity index (χ2v) is 13.1. The molecule has 4 aromatic rings. The van der Waals surface area contributed by atoms with Crippen LogP contribution in [0.1, 0.15) is 40.9 Å². The third-order valence-corrected chi connectivity index (χ3v) is 9.28. The molecule has 1 N–H and O–H groups in total. The van der Waals surface area contributed by atoms with Gasteiger partial charge in [-0.25, -0.2) is 4.79 Å². The molecule has 10 nitrogen and oxygen atoms in total. The molecule has 4 aromatic carbocycles. The maximum atomic E-state index is 13.7. The van der Waals surface area contributed by atoms with E-state index in [4.69, 9.17) is 37.9 Å². The lowest BCUT2D eigenvalue weighted by Gasteiger charge is -2.48. The van der Waals surface area contributed by atoms with Gasteiger partial charge in [-0.3, -0.25) is 0 Å². The average Bonchev–Trinajstić information content (AvgIpc) is 3.18. The highest BCUT2D eigenvalue weighted by Crippen LogP contribution is 2.35. The van der Waals surface area contributed by atoms with E-state index in [1.54, 1.807) is 30.3 Å². The highest BCUT2D eigenvalue weighted by atomic mass is 16.7. The van der Waals surface area contributed by atoms with E-state index < -0.39 is 67.4 Å². The van der Waals surface area contributed by atoms with Crippen LogP contribution in [0.15, 0.2) is 134 Å². The van der Waals surface area contributed by atoms with Crippen LogP contribution in [0.4, 0.5) is 0 Å². The number of rotatable bonds is 16. The summed E-state index contributed by atoms with van der Waals surface area (Å²) in [5, 5.41) is 11.4. The molecule has 10 atom stereocenters. The van der Waals surface area contributed by atoms with Gasteiger partial charge in [-0.05, 0) is 42.7 Å². The Morgan fingerprint density at radius 2 is 1.06 bits per heavy atom. The Morgan fingerprint density at radius 1 is 0.604 bits per heavy atom. The number of hydrogen-bond donors (Lipinski definition) is 1. The van der Waals surface area contributed by atoms with Crippen molar-refractivity contribution in [2.75, 3.05) is 6.61 Å². The van der Waals surface area contributed by atoms with Crippen LogP contribution in [-0.2, 0) is 57.7 Å². The first-order valence-electron chi connectivity index (χ1n) is 18.0. The molecule has 0 aliphatic carbocycles. The Labute approximate surface area is 311 Å². The second kappa shape index (κ2) is 19.2. The predicted octanol–water partition coefficient (Wildman–Crippen LogP) is 6.41. The molecular weight excluding hydrogens is 676 g/mol. The van der Waals surface area contributed by atoms with Crippen molar-refractivity contribution in [3.05, 3.63) is 156 Å². The van der Waals surface area contributed by atoms with Gasteiger partial charge in [0.2, 0.25) is 0 Å². The summed E-state index contributed by atoms with van der Waals surface area (Å²) in [5.41, 5.74) is 3.14. The first-order valence-corrected chi connectivity index (χ1v) is 18.0. The molecule has 0 spiro atoms. The van der Waals surface area contributed by atoms with E-state index in [1.807, 2.05) is 111 Å². The van der Waals surface area contributed by atoms with Crippen molar-refractivity contribution in [3.63, 3.8) is 0 Å². The van der Waals surface area contributed by atoms with Gasteiger partial charge < -0.3 is 43.0 Å². The standard InChI is InChI=1S/C43H48O10/c1-4-25-46-37-35(47-26-31-17-9-5-10-18-31)30(3)51-43(40(37)52-41(44)34-23-15-8-16-24-34)53-38-36(48-27-32-19-11-6-12-20-32)29(2)50-42(45)39(38)49-28-33-21-13-7-14-22-33/h4-24,29-30,35-40,42-43,45H,1,25-28H2,2-3H3/t29-,30+,35-,36-,37-,38+,39+,40+,42+,43-/m1/s1. The van der Waals surface area contributed by atoms with Crippen LogP contribution in [-0.4, -0.2) is 79.1 Å². The number of esters is 1. The first kappa shape index (κ1) is 38.5. The Balaban J connectivity index is 1.33. The first-order chi connectivity index (χ1) is 25.9. The molecule has 6 rings (SSSR count). The molecule has 0 bridgehead atoms. The van der Waals surface area contributed by atoms with Crippen molar-refractivity contribution in [3.8, 4) is 0 Å². The molecule has 2 aliphatic heterocycles. The third kappa shape index (κ3) is 10.3. The summed E-state index contributed by atoms with van der Waals surface area (Å²) in [5.74, 6) is -0.592. The number of carbonyl (C=O) groups excluding carboxylic acids is 1.